The highest BCUT2D eigenvalue weighted by Gasteiger charge is 2.22. The first-order valence-electron chi connectivity index (χ1n) is 14.7. The number of hydrogen-bond donors (Lipinski definition) is 0. The summed E-state index contributed by atoms with van der Waals surface area (Å²) in [5.74, 6) is 5.61. The number of fused-ring (bicyclic) bond motifs is 4. The molecule has 0 radical (unpaired) electrons. The van der Waals surface area contributed by atoms with Crippen LogP contribution in [0.5, 0.6) is 0 Å². The third-order valence-corrected chi connectivity index (χ3v) is 8.08. The molecule has 0 N–H and O–H groups in total. The van der Waals surface area contributed by atoms with Gasteiger partial charge in [-0.2, -0.15) is 5.26 Å². The molecular weight excluding hydrogens is 574 g/mol. The summed E-state index contributed by atoms with van der Waals surface area (Å²) in [7, 11) is 1.74. The number of carbonyl (C=O) groups excluding carboxylic acids is 1. The number of aryl methyl sites for hydroxylation is 1. The third-order valence-electron chi connectivity index (χ3n) is 8.08. The number of para-hydroxylation sites is 1. The number of hydrogen-bond acceptors (Lipinski definition) is 6. The Balaban J connectivity index is 1.46. The number of carbonyl (C=O) groups is 1. The van der Waals surface area contributed by atoms with Crippen LogP contribution in [0.1, 0.15) is 38.8 Å². The molecule has 0 unspecified atom stereocenters. The summed E-state index contributed by atoms with van der Waals surface area (Å²) >= 11 is 0. The van der Waals surface area contributed by atoms with Gasteiger partial charge in [0.2, 0.25) is 0 Å². The number of benzene rings is 3. The van der Waals surface area contributed by atoms with Crippen molar-refractivity contribution < 1.29 is 9.53 Å². The first kappa shape index (κ1) is 30.1. The van der Waals surface area contributed by atoms with Crippen LogP contribution in [0.25, 0.3) is 49.7 Å². The van der Waals surface area contributed by atoms with Crippen molar-refractivity contribution in [3.05, 3.63) is 113 Å². The van der Waals surface area contributed by atoms with Gasteiger partial charge in [-0.25, -0.2) is 9.59 Å². The van der Waals surface area contributed by atoms with E-state index in [4.69, 9.17) is 9.72 Å². The topological polar surface area (TPSA) is 103 Å². The van der Waals surface area contributed by atoms with Crippen LogP contribution in [0.3, 0.4) is 0 Å². The van der Waals surface area contributed by atoms with Gasteiger partial charge in [-0.1, -0.05) is 48.8 Å². The van der Waals surface area contributed by atoms with Crippen LogP contribution >= 0.6 is 0 Å². The molecule has 0 amide bonds. The zero-order chi connectivity index (χ0) is 32.8. The molecule has 8 heteroatoms. The Morgan fingerprint density at radius 3 is 2.46 bits per heavy atom. The standard InChI is InChI=1S/C38H31N5O3/c1-7-33(44)46-38(4,5)18-17-24-9-8-10-26-19-27(21-41-34(24)26)25-11-16-31-30(20-25)35-32(22-40-31)42(6)36(45)43(35)29-14-12-28(13-15-29)37(2,3)23-39/h7-16,19-22H,1H2,2-6H3. The van der Waals surface area contributed by atoms with E-state index in [0.29, 0.717) is 16.8 Å². The van der Waals surface area contributed by atoms with Gasteiger partial charge in [0.25, 0.3) is 0 Å². The smallest absolute Gasteiger partial charge is 0.333 e. The van der Waals surface area contributed by atoms with Gasteiger partial charge >= 0.3 is 11.7 Å². The molecule has 0 fully saturated rings. The molecule has 0 saturated carbocycles. The predicted molar refractivity (Wildman–Crippen MR) is 180 cm³/mol. The van der Waals surface area contributed by atoms with Gasteiger partial charge in [-0.05, 0) is 75.2 Å². The monoisotopic (exact) mass is 605 g/mol. The number of nitrogens with zero attached hydrogens (tertiary/aromatic N) is 5. The maximum atomic E-state index is 13.6. The van der Waals surface area contributed by atoms with Crippen LogP contribution in [0.2, 0.25) is 0 Å². The average molecular weight is 606 g/mol. The van der Waals surface area contributed by atoms with Gasteiger partial charge in [0.15, 0.2) is 5.60 Å². The highest BCUT2D eigenvalue weighted by molar-refractivity contribution is 6.05. The maximum absolute atomic E-state index is 13.6. The number of ether oxygens (including phenoxy) is 1. The Labute approximate surface area is 266 Å². The van der Waals surface area contributed by atoms with E-state index in [1.54, 1.807) is 42.4 Å². The fourth-order valence-electron chi connectivity index (χ4n) is 5.46. The van der Waals surface area contributed by atoms with Gasteiger partial charge < -0.3 is 4.74 Å². The Morgan fingerprint density at radius 1 is 0.978 bits per heavy atom. The van der Waals surface area contributed by atoms with Crippen LogP contribution in [-0.4, -0.2) is 30.7 Å². The lowest BCUT2D eigenvalue weighted by Crippen LogP contribution is -2.25. The van der Waals surface area contributed by atoms with Crippen LogP contribution in [0.4, 0.5) is 0 Å². The van der Waals surface area contributed by atoms with Gasteiger partial charge in [-0.15, -0.1) is 0 Å². The van der Waals surface area contributed by atoms with Crippen molar-refractivity contribution in [2.24, 2.45) is 7.05 Å². The van der Waals surface area contributed by atoms with Crippen molar-refractivity contribution in [3.63, 3.8) is 0 Å². The van der Waals surface area contributed by atoms with Crippen molar-refractivity contribution in [2.75, 3.05) is 0 Å². The van der Waals surface area contributed by atoms with Crippen LogP contribution < -0.4 is 5.69 Å². The van der Waals surface area contributed by atoms with E-state index < -0.39 is 17.0 Å². The predicted octanol–water partition coefficient (Wildman–Crippen LogP) is 6.75. The average Bonchev–Trinajstić information content (AvgIpc) is 3.32. The molecule has 8 nitrogen and oxygen atoms in total. The Hall–Kier alpha value is -5.99. The van der Waals surface area contributed by atoms with E-state index in [1.165, 1.54) is 0 Å². The number of esters is 1. The molecule has 0 aliphatic heterocycles. The number of nitriles is 1. The highest BCUT2D eigenvalue weighted by Crippen LogP contribution is 2.32. The minimum atomic E-state index is -0.995. The maximum Gasteiger partial charge on any atom is 0.333 e. The SMILES string of the molecule is C=CC(=O)OC(C)(C)C#Cc1cccc2cc(-c3ccc4ncc5c(c4c3)n(-c3ccc(C(C)(C)C#N)cc3)c(=O)n5C)cnc12. The minimum Gasteiger partial charge on any atom is -0.443 e. The van der Waals surface area contributed by atoms with Crippen LogP contribution in [0.15, 0.2) is 96.6 Å². The van der Waals surface area contributed by atoms with Crippen LogP contribution in [-0.2, 0) is 22.0 Å². The third kappa shape index (κ3) is 5.31. The summed E-state index contributed by atoms with van der Waals surface area (Å²) in [6, 6.07) is 23.7. The second kappa shape index (κ2) is 11.2. The molecule has 6 rings (SSSR count). The van der Waals surface area contributed by atoms with E-state index in [1.807, 2.05) is 74.5 Å². The molecule has 0 aliphatic rings. The lowest BCUT2D eigenvalue weighted by molar-refractivity contribution is -0.145. The number of imidazole rings is 1. The van der Waals surface area contributed by atoms with E-state index in [0.717, 1.165) is 50.1 Å². The number of rotatable bonds is 5. The Bertz CT molecular complexity index is 2380. The second-order valence-corrected chi connectivity index (χ2v) is 12.2. The van der Waals surface area contributed by atoms with Crippen molar-refractivity contribution in [2.45, 2.75) is 38.7 Å². The summed E-state index contributed by atoms with van der Waals surface area (Å²) in [6.07, 6.45) is 4.64. The summed E-state index contributed by atoms with van der Waals surface area (Å²) in [6.45, 7) is 10.6. The molecule has 0 spiro atoms. The molecule has 3 heterocycles. The lowest BCUT2D eigenvalue weighted by Gasteiger charge is -2.17. The molecule has 226 valence electrons. The van der Waals surface area contributed by atoms with Crippen molar-refractivity contribution in [1.29, 1.82) is 5.26 Å². The minimum absolute atomic E-state index is 0.189. The molecule has 0 atom stereocenters. The van der Waals surface area contributed by atoms with Crippen LogP contribution in [0, 0.1) is 23.2 Å². The first-order chi connectivity index (χ1) is 21.9. The van der Waals surface area contributed by atoms with Crippen molar-refractivity contribution >= 4 is 38.8 Å². The molecule has 0 aliphatic carbocycles. The summed E-state index contributed by atoms with van der Waals surface area (Å²) in [4.78, 5) is 34.7. The number of aromatic nitrogens is 4. The molecule has 46 heavy (non-hydrogen) atoms. The van der Waals surface area contributed by atoms with E-state index >= 15 is 0 Å². The summed E-state index contributed by atoms with van der Waals surface area (Å²) in [5.41, 5.74) is 5.21. The Morgan fingerprint density at radius 2 is 1.74 bits per heavy atom. The second-order valence-electron chi connectivity index (χ2n) is 12.2. The molecule has 6 aromatic rings. The van der Waals surface area contributed by atoms with Crippen molar-refractivity contribution in [3.8, 4) is 34.7 Å². The lowest BCUT2D eigenvalue weighted by atomic mass is 9.86. The number of pyridine rings is 2. The largest absolute Gasteiger partial charge is 0.443 e. The van der Waals surface area contributed by atoms with Gasteiger partial charge in [0, 0.05) is 35.7 Å². The molecule has 0 saturated heterocycles. The molecule has 0 bridgehead atoms. The zero-order valence-corrected chi connectivity index (χ0v) is 26.3. The Kier molecular flexibility index (Phi) is 7.30. The van der Waals surface area contributed by atoms with Crippen molar-refractivity contribution in [1.82, 2.24) is 19.1 Å². The van der Waals surface area contributed by atoms with E-state index in [-0.39, 0.29) is 5.69 Å². The molecule has 3 aromatic carbocycles. The summed E-state index contributed by atoms with van der Waals surface area (Å²) < 4.78 is 8.64. The quantitative estimate of drug-likeness (QED) is 0.122. The van der Waals surface area contributed by atoms with E-state index in [2.05, 4.69) is 35.5 Å². The van der Waals surface area contributed by atoms with Gasteiger partial charge in [-0.3, -0.25) is 19.1 Å². The van der Waals surface area contributed by atoms with Gasteiger partial charge in [0.1, 0.15) is 0 Å². The summed E-state index contributed by atoms with van der Waals surface area (Å²) in [5, 5.41) is 11.3. The fourth-order valence-corrected chi connectivity index (χ4v) is 5.46. The highest BCUT2D eigenvalue weighted by atomic mass is 16.6. The first-order valence-corrected chi connectivity index (χ1v) is 14.7. The molecule has 3 aromatic heterocycles. The molecular formula is C38H31N5O3. The van der Waals surface area contributed by atoms with Gasteiger partial charge in [0.05, 0.1) is 51.0 Å². The normalized spacial score (nSPS) is 11.7. The zero-order valence-electron chi connectivity index (χ0n) is 26.3. The fraction of sp³-hybridized carbons (Fsp3) is 0.184. The van der Waals surface area contributed by atoms with E-state index in [9.17, 15) is 14.9 Å².